The van der Waals surface area contributed by atoms with Crippen LogP contribution in [0, 0.1) is 5.82 Å². The van der Waals surface area contributed by atoms with Crippen LogP contribution < -0.4 is 5.63 Å². The number of hydrogen-bond acceptors (Lipinski definition) is 2. The third kappa shape index (κ3) is 0.756. The van der Waals surface area contributed by atoms with Crippen LogP contribution in [0.4, 0.5) is 4.39 Å². The Labute approximate surface area is 60.4 Å². The minimum atomic E-state index is -0.542. The maximum Gasteiger partial charge on any atom is 0.365 e. The summed E-state index contributed by atoms with van der Waals surface area (Å²) in [5, 5.41) is 2.43. The molecule has 11 heavy (non-hydrogen) atoms. The average Bonchev–Trinajstić information content (AvgIpc) is 2.35. The van der Waals surface area contributed by atoms with Crippen LogP contribution in [0.5, 0.6) is 0 Å². The van der Waals surface area contributed by atoms with Gasteiger partial charge in [-0.3, -0.25) is 0 Å². The Hall–Kier alpha value is -1.58. The average molecular weight is 153 g/mol. The van der Waals surface area contributed by atoms with Crippen molar-refractivity contribution in [3.8, 4) is 0 Å². The van der Waals surface area contributed by atoms with Gasteiger partial charge in [-0.05, 0) is 12.1 Å². The van der Waals surface area contributed by atoms with Gasteiger partial charge in [0.1, 0.15) is 11.3 Å². The molecule has 1 N–H and O–H groups in total. The summed E-state index contributed by atoms with van der Waals surface area (Å²) >= 11 is 0. The summed E-state index contributed by atoms with van der Waals surface area (Å²) in [5.74, 6) is -0.478. The molecule has 0 aliphatic carbocycles. The van der Waals surface area contributed by atoms with Crippen molar-refractivity contribution < 1.29 is 8.91 Å². The van der Waals surface area contributed by atoms with Crippen LogP contribution >= 0.6 is 0 Å². The van der Waals surface area contributed by atoms with Crippen molar-refractivity contribution in [2.75, 3.05) is 0 Å². The van der Waals surface area contributed by atoms with E-state index in [2.05, 4.69) is 9.68 Å². The Balaban J connectivity index is 3.06. The molecule has 0 saturated heterocycles. The van der Waals surface area contributed by atoms with Gasteiger partial charge in [0.05, 0.1) is 5.39 Å². The first-order chi connectivity index (χ1) is 5.29. The van der Waals surface area contributed by atoms with E-state index in [0.717, 1.165) is 0 Å². The molecule has 0 radical (unpaired) electrons. The van der Waals surface area contributed by atoms with E-state index in [1.165, 1.54) is 18.2 Å². The topological polar surface area (TPSA) is 46.0 Å². The third-order valence-electron chi connectivity index (χ3n) is 1.48. The Morgan fingerprint density at radius 3 is 3.00 bits per heavy atom. The number of aromatic nitrogens is 1. The van der Waals surface area contributed by atoms with Crippen LogP contribution in [0.3, 0.4) is 0 Å². The van der Waals surface area contributed by atoms with E-state index >= 15 is 0 Å². The smallest absolute Gasteiger partial charge is 0.338 e. The van der Waals surface area contributed by atoms with E-state index in [1.54, 1.807) is 0 Å². The largest absolute Gasteiger partial charge is 0.365 e. The second kappa shape index (κ2) is 1.95. The van der Waals surface area contributed by atoms with Gasteiger partial charge in [-0.25, -0.2) is 14.3 Å². The molecule has 1 aromatic heterocycles. The summed E-state index contributed by atoms with van der Waals surface area (Å²) in [5.41, 5.74) is -0.419. The first kappa shape index (κ1) is 6.15. The first-order valence-electron chi connectivity index (χ1n) is 3.05. The minimum absolute atomic E-state index is 0.123. The fourth-order valence-corrected chi connectivity index (χ4v) is 0.950. The van der Waals surface area contributed by atoms with E-state index in [4.69, 9.17) is 0 Å². The Morgan fingerprint density at radius 2 is 2.27 bits per heavy atom. The number of benzene rings is 1. The summed E-state index contributed by atoms with van der Waals surface area (Å²) in [7, 11) is 0. The van der Waals surface area contributed by atoms with Gasteiger partial charge in [0.25, 0.3) is 0 Å². The van der Waals surface area contributed by atoms with Crippen LogP contribution in [0.25, 0.3) is 10.9 Å². The van der Waals surface area contributed by atoms with Crippen molar-refractivity contribution >= 4 is 10.9 Å². The summed E-state index contributed by atoms with van der Waals surface area (Å²) < 4.78 is 17.1. The van der Waals surface area contributed by atoms with E-state index < -0.39 is 11.4 Å². The molecular weight excluding hydrogens is 149 g/mol. The number of hydrogen-bond donors (Lipinski definition) is 1. The van der Waals surface area contributed by atoms with E-state index in [9.17, 15) is 9.18 Å². The fraction of sp³-hybridized carbons (Fsp3) is 0. The number of rotatable bonds is 0. The molecule has 1 aromatic carbocycles. The normalized spacial score (nSPS) is 10.6. The van der Waals surface area contributed by atoms with Gasteiger partial charge in [-0.1, -0.05) is 6.07 Å². The highest BCUT2D eigenvalue weighted by molar-refractivity contribution is 5.77. The monoisotopic (exact) mass is 153 g/mol. The molecule has 0 aliphatic rings. The summed E-state index contributed by atoms with van der Waals surface area (Å²) in [4.78, 5) is 10.8. The zero-order chi connectivity index (χ0) is 7.84. The third-order valence-corrected chi connectivity index (χ3v) is 1.48. The zero-order valence-corrected chi connectivity index (χ0v) is 5.43. The second-order valence-electron chi connectivity index (χ2n) is 2.15. The number of aromatic amines is 1. The Morgan fingerprint density at radius 1 is 1.45 bits per heavy atom. The molecule has 4 heteroatoms. The highest BCUT2D eigenvalue weighted by atomic mass is 19.1. The van der Waals surface area contributed by atoms with Crippen molar-refractivity contribution in [1.29, 1.82) is 0 Å². The number of para-hydroxylation sites is 1. The molecule has 0 fully saturated rings. The predicted molar refractivity (Wildman–Crippen MR) is 36.8 cm³/mol. The minimum Gasteiger partial charge on any atom is -0.338 e. The Bertz CT molecular complexity index is 443. The molecule has 0 unspecified atom stereocenters. The first-order valence-corrected chi connectivity index (χ1v) is 3.05. The van der Waals surface area contributed by atoms with Crippen molar-refractivity contribution in [2.45, 2.75) is 0 Å². The fourth-order valence-electron chi connectivity index (χ4n) is 0.950. The van der Waals surface area contributed by atoms with Gasteiger partial charge < -0.3 is 4.52 Å². The number of nitrogens with one attached hydrogen (secondary N) is 1. The van der Waals surface area contributed by atoms with Crippen molar-refractivity contribution in [1.82, 2.24) is 5.16 Å². The molecule has 0 amide bonds. The van der Waals surface area contributed by atoms with E-state index in [0.29, 0.717) is 0 Å². The highest BCUT2D eigenvalue weighted by Gasteiger charge is 2.05. The predicted octanol–water partition coefficient (Wildman–Crippen LogP) is 1.26. The molecule has 56 valence electrons. The van der Waals surface area contributed by atoms with Gasteiger partial charge in [0, 0.05) is 0 Å². The van der Waals surface area contributed by atoms with Crippen molar-refractivity contribution in [2.24, 2.45) is 0 Å². The highest BCUT2D eigenvalue weighted by Crippen LogP contribution is 2.10. The Kier molecular flexibility index (Phi) is 1.09. The van der Waals surface area contributed by atoms with Gasteiger partial charge in [-0.15, -0.1) is 0 Å². The number of fused-ring (bicyclic) bond motifs is 1. The van der Waals surface area contributed by atoms with Crippen molar-refractivity contribution in [3.05, 3.63) is 34.4 Å². The molecule has 2 rings (SSSR count). The molecule has 0 aliphatic heterocycles. The zero-order valence-electron chi connectivity index (χ0n) is 5.43. The van der Waals surface area contributed by atoms with Gasteiger partial charge >= 0.3 is 5.63 Å². The molecule has 0 bridgehead atoms. The maximum atomic E-state index is 12.8. The van der Waals surface area contributed by atoms with Crippen LogP contribution in [0.2, 0.25) is 0 Å². The molecule has 1 heterocycles. The SMILES string of the molecule is O=c1o[nH]c2c(F)cccc12. The standard InChI is InChI=1S/C7H4FNO2/c8-5-3-1-2-4-6(5)9-11-7(4)10/h1-3,9H. The second-order valence-corrected chi connectivity index (χ2v) is 2.15. The van der Waals surface area contributed by atoms with Gasteiger partial charge in [0.15, 0.2) is 0 Å². The lowest BCUT2D eigenvalue weighted by Gasteiger charge is -1.85. The van der Waals surface area contributed by atoms with Crippen LogP contribution in [0.15, 0.2) is 27.5 Å². The van der Waals surface area contributed by atoms with Crippen LogP contribution in [0.1, 0.15) is 0 Å². The molecular formula is C7H4FNO2. The van der Waals surface area contributed by atoms with Crippen LogP contribution in [-0.2, 0) is 0 Å². The lowest BCUT2D eigenvalue weighted by atomic mass is 10.2. The maximum absolute atomic E-state index is 12.8. The molecule has 3 nitrogen and oxygen atoms in total. The van der Waals surface area contributed by atoms with Gasteiger partial charge in [-0.2, -0.15) is 0 Å². The van der Waals surface area contributed by atoms with E-state index in [-0.39, 0.29) is 10.9 Å². The lowest BCUT2D eigenvalue weighted by molar-refractivity contribution is 0.397. The summed E-state index contributed by atoms with van der Waals surface area (Å²) in [6.07, 6.45) is 0. The van der Waals surface area contributed by atoms with Crippen molar-refractivity contribution in [3.63, 3.8) is 0 Å². The van der Waals surface area contributed by atoms with Gasteiger partial charge in [0.2, 0.25) is 0 Å². The quantitative estimate of drug-likeness (QED) is 0.619. The number of H-pyrrole nitrogens is 1. The number of halogens is 1. The summed E-state index contributed by atoms with van der Waals surface area (Å²) in [6, 6.07) is 4.22. The lowest BCUT2D eigenvalue weighted by Crippen LogP contribution is -1.90. The molecule has 0 spiro atoms. The summed E-state index contributed by atoms with van der Waals surface area (Å²) in [6.45, 7) is 0. The molecule has 0 saturated carbocycles. The van der Waals surface area contributed by atoms with E-state index in [1.807, 2.05) is 0 Å². The van der Waals surface area contributed by atoms with Crippen LogP contribution in [-0.4, -0.2) is 5.16 Å². The molecule has 2 aromatic rings. The molecule has 0 atom stereocenters.